The number of rotatable bonds is 3. The van der Waals surface area contributed by atoms with Crippen LogP contribution in [-0.4, -0.2) is 6.08 Å². The van der Waals surface area contributed by atoms with Crippen molar-refractivity contribution < 1.29 is 4.79 Å². The van der Waals surface area contributed by atoms with Crippen molar-refractivity contribution in [1.29, 1.82) is 0 Å². The highest BCUT2D eigenvalue weighted by atomic mass is 16.1. The maximum absolute atomic E-state index is 10.2. The Balaban J connectivity index is 2.38. The molecule has 2 aromatic carbocycles. The normalized spacial score (nSPS) is 10.9. The Morgan fingerprint density at radius 3 is 1.84 bits per heavy atom. The van der Waals surface area contributed by atoms with Crippen molar-refractivity contribution in [3.8, 4) is 0 Å². The lowest BCUT2D eigenvalue weighted by molar-refractivity contribution is 0.565. The molecule has 0 bridgehead atoms. The highest BCUT2D eigenvalue weighted by molar-refractivity contribution is 5.51. The Labute approximate surface area is 113 Å². The van der Waals surface area contributed by atoms with E-state index in [0.29, 0.717) is 5.69 Å². The quantitative estimate of drug-likeness (QED) is 0.591. The molecule has 2 rings (SSSR count). The summed E-state index contributed by atoms with van der Waals surface area (Å²) in [5.41, 5.74) is 4.29. The van der Waals surface area contributed by atoms with E-state index in [4.69, 9.17) is 0 Å². The van der Waals surface area contributed by atoms with Crippen LogP contribution in [0.15, 0.2) is 53.5 Å². The number of aliphatic imine (C=N–C) groups is 1. The zero-order valence-corrected chi connectivity index (χ0v) is 11.5. The van der Waals surface area contributed by atoms with Gasteiger partial charge in [0, 0.05) is 5.41 Å². The number of hydrogen-bond donors (Lipinski definition) is 0. The summed E-state index contributed by atoms with van der Waals surface area (Å²) in [5, 5.41) is 0. The molecule has 96 valence electrons. The van der Waals surface area contributed by atoms with Gasteiger partial charge in [-0.2, -0.15) is 4.99 Å². The largest absolute Gasteiger partial charge is 0.240 e. The predicted molar refractivity (Wildman–Crippen MR) is 77.5 cm³/mol. The summed E-state index contributed by atoms with van der Waals surface area (Å²) < 4.78 is 0. The fourth-order valence-electron chi connectivity index (χ4n) is 2.14. The molecule has 0 spiro atoms. The van der Waals surface area contributed by atoms with Crippen LogP contribution in [0.1, 0.15) is 30.5 Å². The Morgan fingerprint density at radius 1 is 0.895 bits per heavy atom. The fourth-order valence-corrected chi connectivity index (χ4v) is 2.14. The molecule has 0 amide bonds. The number of isocyanates is 1. The first-order valence-electron chi connectivity index (χ1n) is 6.29. The van der Waals surface area contributed by atoms with Crippen LogP contribution in [0, 0.1) is 6.92 Å². The molecule has 19 heavy (non-hydrogen) atoms. The van der Waals surface area contributed by atoms with Gasteiger partial charge in [-0.05, 0) is 30.2 Å². The molecule has 2 aromatic rings. The number of aryl methyl sites for hydroxylation is 1. The maximum Gasteiger partial charge on any atom is 0.240 e. The van der Waals surface area contributed by atoms with E-state index in [2.05, 4.69) is 50.0 Å². The van der Waals surface area contributed by atoms with Crippen molar-refractivity contribution in [3.05, 3.63) is 65.2 Å². The summed E-state index contributed by atoms with van der Waals surface area (Å²) in [5.74, 6) is 0. The first kappa shape index (κ1) is 13.3. The lowest BCUT2D eigenvalue weighted by Crippen LogP contribution is -2.18. The van der Waals surface area contributed by atoms with E-state index in [1.54, 1.807) is 6.08 Å². The monoisotopic (exact) mass is 251 g/mol. The van der Waals surface area contributed by atoms with Gasteiger partial charge in [-0.25, -0.2) is 4.79 Å². The van der Waals surface area contributed by atoms with Crippen LogP contribution in [0.4, 0.5) is 5.69 Å². The summed E-state index contributed by atoms with van der Waals surface area (Å²) in [7, 11) is 0. The average molecular weight is 251 g/mol. The van der Waals surface area contributed by atoms with Gasteiger partial charge in [0.15, 0.2) is 0 Å². The van der Waals surface area contributed by atoms with Crippen LogP contribution in [-0.2, 0) is 10.2 Å². The van der Waals surface area contributed by atoms with Gasteiger partial charge in [0.05, 0.1) is 5.69 Å². The first-order valence-corrected chi connectivity index (χ1v) is 6.29. The summed E-state index contributed by atoms with van der Waals surface area (Å²) >= 11 is 0. The van der Waals surface area contributed by atoms with Gasteiger partial charge in [0.2, 0.25) is 6.08 Å². The lowest BCUT2D eigenvalue weighted by Gasteiger charge is -2.26. The van der Waals surface area contributed by atoms with Crippen molar-refractivity contribution in [3.63, 3.8) is 0 Å². The molecule has 0 radical (unpaired) electrons. The molecule has 0 saturated heterocycles. The highest BCUT2D eigenvalue weighted by Gasteiger charge is 2.22. The van der Waals surface area contributed by atoms with Gasteiger partial charge in [-0.15, -0.1) is 0 Å². The van der Waals surface area contributed by atoms with Crippen LogP contribution in [0.2, 0.25) is 0 Å². The van der Waals surface area contributed by atoms with Gasteiger partial charge in [-0.3, -0.25) is 0 Å². The average Bonchev–Trinajstić information content (AvgIpc) is 2.40. The molecular weight excluding hydrogens is 234 g/mol. The third-order valence-corrected chi connectivity index (χ3v) is 3.54. The van der Waals surface area contributed by atoms with Gasteiger partial charge >= 0.3 is 0 Å². The molecule has 0 aliphatic carbocycles. The first-order chi connectivity index (χ1) is 9.04. The zero-order valence-electron chi connectivity index (χ0n) is 11.5. The molecule has 2 heteroatoms. The van der Waals surface area contributed by atoms with Crippen molar-refractivity contribution >= 4 is 11.8 Å². The second-order valence-corrected chi connectivity index (χ2v) is 5.24. The second-order valence-electron chi connectivity index (χ2n) is 5.24. The molecule has 0 saturated carbocycles. The maximum atomic E-state index is 10.2. The Kier molecular flexibility index (Phi) is 3.64. The minimum absolute atomic E-state index is 0.0723. The van der Waals surface area contributed by atoms with Crippen LogP contribution in [0.25, 0.3) is 0 Å². The minimum Gasteiger partial charge on any atom is -0.211 e. The van der Waals surface area contributed by atoms with E-state index in [9.17, 15) is 4.79 Å². The van der Waals surface area contributed by atoms with Crippen molar-refractivity contribution in [2.45, 2.75) is 26.2 Å². The standard InChI is InChI=1S/C17H17NO/c1-13-4-6-14(7-5-13)17(2,3)15-8-10-16(11-9-15)18-12-19/h4-11H,1-3H3. The lowest BCUT2D eigenvalue weighted by atomic mass is 9.78. The number of hydrogen-bond acceptors (Lipinski definition) is 2. The minimum atomic E-state index is -0.0723. The predicted octanol–water partition coefficient (Wildman–Crippen LogP) is 4.29. The van der Waals surface area contributed by atoms with E-state index >= 15 is 0 Å². The molecule has 0 unspecified atom stereocenters. The van der Waals surface area contributed by atoms with Crippen LogP contribution in [0.3, 0.4) is 0 Å². The van der Waals surface area contributed by atoms with Crippen LogP contribution < -0.4 is 0 Å². The third kappa shape index (κ3) is 2.81. The van der Waals surface area contributed by atoms with Gasteiger partial charge in [0.1, 0.15) is 0 Å². The number of benzene rings is 2. The van der Waals surface area contributed by atoms with E-state index < -0.39 is 0 Å². The Hall–Kier alpha value is -2.18. The van der Waals surface area contributed by atoms with Gasteiger partial charge in [-0.1, -0.05) is 55.8 Å². The molecular formula is C17H17NO. The summed E-state index contributed by atoms with van der Waals surface area (Å²) in [6.07, 6.45) is 1.56. The molecule has 2 nitrogen and oxygen atoms in total. The zero-order chi connectivity index (χ0) is 13.9. The molecule has 0 aliphatic heterocycles. The smallest absolute Gasteiger partial charge is 0.211 e. The Morgan fingerprint density at radius 2 is 1.37 bits per heavy atom. The molecule has 0 N–H and O–H groups in total. The molecule has 0 atom stereocenters. The van der Waals surface area contributed by atoms with Crippen LogP contribution >= 0.6 is 0 Å². The fraction of sp³-hybridized carbons (Fsp3) is 0.235. The van der Waals surface area contributed by atoms with Crippen molar-refractivity contribution in [1.82, 2.24) is 0 Å². The highest BCUT2D eigenvalue weighted by Crippen LogP contribution is 2.32. The van der Waals surface area contributed by atoms with Crippen molar-refractivity contribution in [2.75, 3.05) is 0 Å². The van der Waals surface area contributed by atoms with Gasteiger partial charge < -0.3 is 0 Å². The molecule has 0 aromatic heterocycles. The molecule has 0 fully saturated rings. The van der Waals surface area contributed by atoms with Crippen molar-refractivity contribution in [2.24, 2.45) is 4.99 Å². The third-order valence-electron chi connectivity index (χ3n) is 3.54. The summed E-state index contributed by atoms with van der Waals surface area (Å²) in [4.78, 5) is 13.8. The van der Waals surface area contributed by atoms with Crippen LogP contribution in [0.5, 0.6) is 0 Å². The topological polar surface area (TPSA) is 29.4 Å². The second kappa shape index (κ2) is 5.21. The summed E-state index contributed by atoms with van der Waals surface area (Å²) in [6, 6.07) is 16.3. The molecule has 0 heterocycles. The van der Waals surface area contributed by atoms with E-state index in [1.165, 1.54) is 16.7 Å². The van der Waals surface area contributed by atoms with E-state index in [1.807, 2.05) is 24.3 Å². The summed E-state index contributed by atoms with van der Waals surface area (Å²) in [6.45, 7) is 6.47. The SMILES string of the molecule is Cc1ccc(C(C)(C)c2ccc(N=C=O)cc2)cc1. The molecule has 0 aliphatic rings. The van der Waals surface area contributed by atoms with Gasteiger partial charge in [0.25, 0.3) is 0 Å². The number of nitrogens with zero attached hydrogens (tertiary/aromatic N) is 1. The van der Waals surface area contributed by atoms with E-state index in [-0.39, 0.29) is 5.41 Å². The number of carbonyl (C=O) groups excluding carboxylic acids is 1. The Bertz CT molecular complexity index is 603. The van der Waals surface area contributed by atoms with E-state index in [0.717, 1.165) is 0 Å².